The molecule has 2 aromatic heterocycles. The van der Waals surface area contributed by atoms with Gasteiger partial charge in [0.1, 0.15) is 16.9 Å². The Labute approximate surface area is 224 Å². The standard InChI is InChI=1S/C29H28N4O4S/c1-15-14-21(29(35)36)10-11-22(15)19-6-8-20(9-7-19)26-25-16(2)17(3)38-28(25)33-18(4)31-32-27(33)23(30-26)12-13-24(34)37-5/h6-11,14,23H,12-13H2,1-5H3,(H,35,36)/t23-/m0/s1. The van der Waals surface area contributed by atoms with E-state index in [9.17, 15) is 14.7 Å². The highest BCUT2D eigenvalue weighted by Gasteiger charge is 2.31. The van der Waals surface area contributed by atoms with Crippen LogP contribution in [0.25, 0.3) is 16.1 Å². The quantitative estimate of drug-likeness (QED) is 0.318. The summed E-state index contributed by atoms with van der Waals surface area (Å²) in [6.07, 6.45) is 0.675. The SMILES string of the molecule is COC(=O)CC[C@@H]1N=C(c2ccc(-c3ccc(C(=O)O)cc3C)cc2)c2c(sc(C)c2C)-n2c(C)nnc21. The molecule has 0 spiro atoms. The van der Waals surface area contributed by atoms with Gasteiger partial charge in [0, 0.05) is 22.4 Å². The molecule has 0 fully saturated rings. The number of carboxylic acids is 1. The summed E-state index contributed by atoms with van der Waals surface area (Å²) in [5, 5.41) is 19.1. The molecule has 1 aliphatic rings. The maximum Gasteiger partial charge on any atom is 0.335 e. The van der Waals surface area contributed by atoms with Crippen LogP contribution >= 0.6 is 11.3 Å². The number of aliphatic imine (C=N–C) groups is 1. The molecule has 38 heavy (non-hydrogen) atoms. The fourth-order valence-corrected chi connectivity index (χ4v) is 6.08. The van der Waals surface area contributed by atoms with Gasteiger partial charge in [0.25, 0.3) is 0 Å². The van der Waals surface area contributed by atoms with Gasteiger partial charge < -0.3 is 9.84 Å². The van der Waals surface area contributed by atoms with Gasteiger partial charge in [-0.2, -0.15) is 0 Å². The molecule has 0 saturated carbocycles. The molecule has 0 bridgehead atoms. The third-order valence-electron chi connectivity index (χ3n) is 7.03. The number of benzene rings is 2. The lowest BCUT2D eigenvalue weighted by atomic mass is 9.95. The number of rotatable bonds is 6. The summed E-state index contributed by atoms with van der Waals surface area (Å²) in [7, 11) is 1.39. The normalized spacial score (nSPS) is 14.3. The molecule has 0 aliphatic carbocycles. The van der Waals surface area contributed by atoms with Gasteiger partial charge in [-0.15, -0.1) is 21.5 Å². The van der Waals surface area contributed by atoms with Gasteiger partial charge in [-0.3, -0.25) is 14.4 Å². The zero-order valence-electron chi connectivity index (χ0n) is 21.9. The summed E-state index contributed by atoms with van der Waals surface area (Å²) in [4.78, 5) is 29.7. The molecule has 5 rings (SSSR count). The number of carbonyl (C=O) groups is 2. The van der Waals surface area contributed by atoms with Gasteiger partial charge >= 0.3 is 11.9 Å². The van der Waals surface area contributed by atoms with Crippen molar-refractivity contribution in [2.45, 2.75) is 46.6 Å². The van der Waals surface area contributed by atoms with E-state index >= 15 is 0 Å². The Balaban J connectivity index is 1.62. The van der Waals surface area contributed by atoms with Crippen LogP contribution in [0.5, 0.6) is 0 Å². The number of nitrogens with zero attached hydrogens (tertiary/aromatic N) is 4. The van der Waals surface area contributed by atoms with E-state index in [4.69, 9.17) is 9.73 Å². The minimum atomic E-state index is -0.939. The van der Waals surface area contributed by atoms with Gasteiger partial charge in [-0.1, -0.05) is 30.3 Å². The van der Waals surface area contributed by atoms with Crippen molar-refractivity contribution in [2.75, 3.05) is 7.11 Å². The topological polar surface area (TPSA) is 107 Å². The second kappa shape index (κ2) is 9.98. The lowest BCUT2D eigenvalue weighted by Gasteiger charge is -2.13. The van der Waals surface area contributed by atoms with Crippen LogP contribution in [0.4, 0.5) is 0 Å². The highest BCUT2D eigenvalue weighted by molar-refractivity contribution is 7.15. The smallest absolute Gasteiger partial charge is 0.335 e. The van der Waals surface area contributed by atoms with E-state index < -0.39 is 5.97 Å². The predicted molar refractivity (Wildman–Crippen MR) is 147 cm³/mol. The first-order chi connectivity index (χ1) is 18.2. The van der Waals surface area contributed by atoms with Crippen molar-refractivity contribution in [1.82, 2.24) is 14.8 Å². The van der Waals surface area contributed by atoms with E-state index in [1.807, 2.05) is 44.2 Å². The maximum atomic E-state index is 12.0. The number of aromatic carboxylic acids is 1. The summed E-state index contributed by atoms with van der Waals surface area (Å²) in [5.74, 6) is 0.266. The number of carbonyl (C=O) groups excluding carboxylic acids is 1. The lowest BCUT2D eigenvalue weighted by Crippen LogP contribution is -2.09. The maximum absolute atomic E-state index is 12.0. The van der Waals surface area contributed by atoms with Gasteiger partial charge in [0.05, 0.1) is 18.4 Å². The number of hydrogen-bond acceptors (Lipinski definition) is 7. The largest absolute Gasteiger partial charge is 0.478 e. The van der Waals surface area contributed by atoms with Crippen LogP contribution in [0, 0.1) is 27.7 Å². The average molecular weight is 529 g/mol. The Bertz CT molecular complexity index is 1600. The van der Waals surface area contributed by atoms with E-state index in [0.717, 1.165) is 55.7 Å². The van der Waals surface area contributed by atoms with E-state index in [2.05, 4.69) is 28.6 Å². The molecular formula is C29H28N4O4S. The molecule has 0 unspecified atom stereocenters. The van der Waals surface area contributed by atoms with Crippen LogP contribution in [-0.4, -0.2) is 44.6 Å². The van der Waals surface area contributed by atoms with Gasteiger partial charge in [0.2, 0.25) is 0 Å². The number of aromatic nitrogens is 3. The van der Waals surface area contributed by atoms with Crippen molar-refractivity contribution >= 4 is 29.0 Å². The average Bonchev–Trinajstić information content (AvgIpc) is 3.38. The fourth-order valence-electron chi connectivity index (χ4n) is 4.87. The fraction of sp³-hybridized carbons (Fsp3) is 0.276. The van der Waals surface area contributed by atoms with Crippen molar-refractivity contribution in [3.8, 4) is 16.1 Å². The Morgan fingerprint density at radius 1 is 1.03 bits per heavy atom. The summed E-state index contributed by atoms with van der Waals surface area (Å²) < 4.78 is 6.95. The Hall–Kier alpha value is -4.11. The first-order valence-electron chi connectivity index (χ1n) is 12.3. The molecule has 9 heteroatoms. The van der Waals surface area contributed by atoms with E-state index in [0.29, 0.717) is 6.42 Å². The molecule has 3 heterocycles. The second-order valence-electron chi connectivity index (χ2n) is 9.42. The van der Waals surface area contributed by atoms with Gasteiger partial charge in [0.15, 0.2) is 5.82 Å². The van der Waals surface area contributed by atoms with E-state index in [1.165, 1.54) is 12.0 Å². The number of thiophene rings is 1. The van der Waals surface area contributed by atoms with Crippen molar-refractivity contribution in [2.24, 2.45) is 4.99 Å². The van der Waals surface area contributed by atoms with Crippen molar-refractivity contribution in [1.29, 1.82) is 0 Å². The minimum Gasteiger partial charge on any atom is -0.478 e. The Kier molecular flexibility index (Phi) is 6.71. The number of hydrogen-bond donors (Lipinski definition) is 1. The van der Waals surface area contributed by atoms with Crippen LogP contribution in [0.3, 0.4) is 0 Å². The summed E-state index contributed by atoms with van der Waals surface area (Å²) >= 11 is 1.69. The number of aryl methyl sites for hydroxylation is 3. The molecule has 1 aliphatic heterocycles. The minimum absolute atomic E-state index is 0.222. The molecular weight excluding hydrogens is 500 g/mol. The van der Waals surface area contributed by atoms with Crippen LogP contribution in [0.2, 0.25) is 0 Å². The number of ether oxygens (including phenoxy) is 1. The molecule has 1 N–H and O–H groups in total. The zero-order valence-corrected chi connectivity index (χ0v) is 22.7. The zero-order chi connectivity index (χ0) is 27.1. The van der Waals surface area contributed by atoms with E-state index in [1.54, 1.807) is 23.5 Å². The number of carboxylic acid groups (broad SMARTS) is 1. The van der Waals surface area contributed by atoms with Crippen molar-refractivity contribution < 1.29 is 19.4 Å². The third kappa shape index (κ3) is 4.43. The molecule has 2 aromatic carbocycles. The second-order valence-corrected chi connectivity index (χ2v) is 10.6. The first kappa shape index (κ1) is 25.5. The predicted octanol–water partition coefficient (Wildman–Crippen LogP) is 5.77. The Morgan fingerprint density at radius 3 is 2.39 bits per heavy atom. The molecule has 0 radical (unpaired) electrons. The highest BCUT2D eigenvalue weighted by Crippen LogP contribution is 2.40. The van der Waals surface area contributed by atoms with Crippen LogP contribution < -0.4 is 0 Å². The van der Waals surface area contributed by atoms with Crippen molar-refractivity contribution in [3.63, 3.8) is 0 Å². The third-order valence-corrected chi connectivity index (χ3v) is 8.22. The number of fused-ring (bicyclic) bond motifs is 3. The molecule has 1 atom stereocenters. The monoisotopic (exact) mass is 528 g/mol. The van der Waals surface area contributed by atoms with E-state index in [-0.39, 0.29) is 24.0 Å². The number of methoxy groups -OCH3 is 1. The highest BCUT2D eigenvalue weighted by atomic mass is 32.1. The molecule has 0 saturated heterocycles. The Morgan fingerprint density at radius 2 is 1.74 bits per heavy atom. The van der Waals surface area contributed by atoms with Crippen molar-refractivity contribution in [3.05, 3.63) is 86.8 Å². The summed E-state index contributed by atoms with van der Waals surface area (Å²) in [5.41, 5.74) is 7.14. The van der Waals surface area contributed by atoms with Crippen LogP contribution in [0.15, 0.2) is 47.5 Å². The van der Waals surface area contributed by atoms with Gasteiger partial charge in [-0.05, 0) is 68.5 Å². The molecule has 4 aromatic rings. The van der Waals surface area contributed by atoms with Crippen LogP contribution in [0.1, 0.15) is 68.0 Å². The number of esters is 1. The summed E-state index contributed by atoms with van der Waals surface area (Å²) in [6.45, 7) is 8.06. The molecule has 0 amide bonds. The lowest BCUT2D eigenvalue weighted by molar-refractivity contribution is -0.140. The first-order valence-corrected chi connectivity index (χ1v) is 13.1. The molecule has 8 nitrogen and oxygen atoms in total. The summed E-state index contributed by atoms with van der Waals surface area (Å²) in [6, 6.07) is 13.0. The molecule has 194 valence electrons. The van der Waals surface area contributed by atoms with Crippen LogP contribution in [-0.2, 0) is 9.53 Å². The van der Waals surface area contributed by atoms with Gasteiger partial charge in [-0.25, -0.2) is 4.79 Å².